The smallest absolute Gasteiger partial charge is 0.306 e. The standard InChI is InChI=1S/C30H40N4O6S/c1-17-24(41-16-32-17)19-7-5-18(6-8-19)14-31-27(37)23-13-22(35)15-34(23)28(38)25(30(2,3)4)33-26(36)20-9-11-21(12-10-20)29(39)40/h5-8,16,20-23,25,35H,9-15H2,1-4H3,(H,31,37)(H,33,36)(H,39,40)/t20-,21-,22-,23+,25-/m1/s1. The van der Waals surface area contributed by atoms with E-state index in [1.54, 1.807) is 11.3 Å². The number of β-amino-alcohol motifs (C(OH)–C–C–N with tert-alkyl or cyclic N) is 1. The highest BCUT2D eigenvalue weighted by Gasteiger charge is 2.45. The van der Waals surface area contributed by atoms with Crippen LogP contribution < -0.4 is 10.6 Å². The Labute approximate surface area is 244 Å². The first-order valence-corrected chi connectivity index (χ1v) is 15.0. The second-order valence-corrected chi connectivity index (χ2v) is 13.1. The van der Waals surface area contributed by atoms with Crippen molar-refractivity contribution in [3.05, 3.63) is 41.0 Å². The normalized spacial score (nSPS) is 23.6. The Balaban J connectivity index is 1.39. The highest BCUT2D eigenvalue weighted by atomic mass is 32.1. The molecule has 2 fully saturated rings. The molecule has 3 amide bonds. The molecule has 0 spiro atoms. The lowest BCUT2D eigenvalue weighted by atomic mass is 9.80. The number of aliphatic hydroxyl groups excluding tert-OH is 1. The molecule has 0 radical (unpaired) electrons. The molecule has 1 aromatic carbocycles. The van der Waals surface area contributed by atoms with Gasteiger partial charge in [-0.3, -0.25) is 19.2 Å². The van der Waals surface area contributed by atoms with Crippen LogP contribution in [-0.2, 0) is 25.7 Å². The van der Waals surface area contributed by atoms with Crippen LogP contribution >= 0.6 is 11.3 Å². The number of likely N-dealkylation sites (tertiary alicyclic amines) is 1. The lowest BCUT2D eigenvalue weighted by Crippen LogP contribution is -2.58. The Bertz CT molecular complexity index is 1260. The molecule has 0 unspecified atom stereocenters. The number of aliphatic hydroxyl groups is 1. The summed E-state index contributed by atoms with van der Waals surface area (Å²) in [5.74, 6) is -2.69. The molecule has 222 valence electrons. The van der Waals surface area contributed by atoms with Gasteiger partial charge in [-0.25, -0.2) is 4.98 Å². The van der Waals surface area contributed by atoms with Gasteiger partial charge in [0.2, 0.25) is 17.7 Å². The Kier molecular flexibility index (Phi) is 9.48. The number of amides is 3. The number of nitrogens with one attached hydrogen (secondary N) is 2. The Morgan fingerprint density at radius 1 is 1.05 bits per heavy atom. The molecule has 2 heterocycles. The minimum atomic E-state index is -0.907. The monoisotopic (exact) mass is 584 g/mol. The van der Waals surface area contributed by atoms with Crippen LogP contribution in [0.3, 0.4) is 0 Å². The molecule has 4 rings (SSSR count). The zero-order chi connectivity index (χ0) is 29.9. The molecule has 1 aliphatic carbocycles. The lowest BCUT2D eigenvalue weighted by Gasteiger charge is -2.36. The average Bonchev–Trinajstić information content (AvgIpc) is 3.54. The van der Waals surface area contributed by atoms with Gasteiger partial charge in [0.25, 0.3) is 0 Å². The zero-order valence-electron chi connectivity index (χ0n) is 24.1. The van der Waals surface area contributed by atoms with Crippen molar-refractivity contribution in [2.24, 2.45) is 17.3 Å². The van der Waals surface area contributed by atoms with E-state index >= 15 is 0 Å². The van der Waals surface area contributed by atoms with Crippen molar-refractivity contribution in [2.45, 2.75) is 84.5 Å². The molecule has 11 heteroatoms. The molecular weight excluding hydrogens is 544 g/mol. The maximum Gasteiger partial charge on any atom is 0.306 e. The topological polar surface area (TPSA) is 149 Å². The molecule has 0 bridgehead atoms. The Morgan fingerprint density at radius 3 is 2.24 bits per heavy atom. The number of hydrogen-bond acceptors (Lipinski definition) is 7. The molecule has 41 heavy (non-hydrogen) atoms. The fourth-order valence-electron chi connectivity index (χ4n) is 5.64. The lowest BCUT2D eigenvalue weighted by molar-refractivity contribution is -0.146. The van der Waals surface area contributed by atoms with Gasteiger partial charge in [-0.15, -0.1) is 11.3 Å². The number of benzene rings is 1. The van der Waals surface area contributed by atoms with E-state index in [0.717, 1.165) is 21.7 Å². The highest BCUT2D eigenvalue weighted by molar-refractivity contribution is 7.13. The van der Waals surface area contributed by atoms with E-state index in [1.165, 1.54) is 4.90 Å². The minimum Gasteiger partial charge on any atom is -0.481 e. The second-order valence-electron chi connectivity index (χ2n) is 12.3. The number of hydrogen-bond donors (Lipinski definition) is 4. The van der Waals surface area contributed by atoms with Gasteiger partial charge in [0, 0.05) is 25.4 Å². The van der Waals surface area contributed by atoms with Gasteiger partial charge in [0.15, 0.2) is 0 Å². The van der Waals surface area contributed by atoms with Crippen molar-refractivity contribution < 1.29 is 29.4 Å². The van der Waals surface area contributed by atoms with Crippen molar-refractivity contribution in [1.29, 1.82) is 0 Å². The van der Waals surface area contributed by atoms with Gasteiger partial charge in [0.05, 0.1) is 28.1 Å². The number of carboxylic acid groups (broad SMARTS) is 1. The summed E-state index contributed by atoms with van der Waals surface area (Å²) < 4.78 is 0. The van der Waals surface area contributed by atoms with Gasteiger partial charge in [-0.1, -0.05) is 45.0 Å². The van der Waals surface area contributed by atoms with Crippen LogP contribution in [0.4, 0.5) is 0 Å². The summed E-state index contributed by atoms with van der Waals surface area (Å²) in [7, 11) is 0. The van der Waals surface area contributed by atoms with E-state index in [4.69, 9.17) is 0 Å². The van der Waals surface area contributed by atoms with Crippen molar-refractivity contribution >= 4 is 35.0 Å². The van der Waals surface area contributed by atoms with Crippen LogP contribution in [0.1, 0.15) is 64.1 Å². The number of aromatic nitrogens is 1. The van der Waals surface area contributed by atoms with Crippen LogP contribution in [-0.4, -0.2) is 68.5 Å². The second kappa shape index (κ2) is 12.7. The molecule has 1 saturated carbocycles. The molecule has 1 aliphatic heterocycles. The third kappa shape index (κ3) is 7.32. The first-order valence-electron chi connectivity index (χ1n) is 14.1. The van der Waals surface area contributed by atoms with E-state index in [0.29, 0.717) is 25.7 Å². The number of carboxylic acids is 1. The third-order valence-corrected chi connectivity index (χ3v) is 9.12. The fraction of sp³-hybridized carbons (Fsp3) is 0.567. The fourth-order valence-corrected chi connectivity index (χ4v) is 6.45. The van der Waals surface area contributed by atoms with Crippen LogP contribution in [0.5, 0.6) is 0 Å². The van der Waals surface area contributed by atoms with E-state index in [2.05, 4.69) is 15.6 Å². The summed E-state index contributed by atoms with van der Waals surface area (Å²) >= 11 is 1.57. The molecule has 1 aromatic heterocycles. The van der Waals surface area contributed by atoms with Crippen molar-refractivity contribution in [3.8, 4) is 10.4 Å². The number of carbonyl (C=O) groups excluding carboxylic acids is 3. The van der Waals surface area contributed by atoms with E-state index in [1.807, 2.05) is 57.5 Å². The minimum absolute atomic E-state index is 0.00594. The van der Waals surface area contributed by atoms with Crippen LogP contribution in [0.15, 0.2) is 29.8 Å². The first-order chi connectivity index (χ1) is 19.3. The summed E-state index contributed by atoms with van der Waals surface area (Å²) in [6, 6.07) is 6.09. The van der Waals surface area contributed by atoms with Gasteiger partial charge in [0.1, 0.15) is 12.1 Å². The van der Waals surface area contributed by atoms with E-state index < -0.39 is 41.4 Å². The number of aliphatic carboxylic acids is 1. The third-order valence-electron chi connectivity index (χ3n) is 8.14. The Morgan fingerprint density at radius 2 is 1.68 bits per heavy atom. The summed E-state index contributed by atoms with van der Waals surface area (Å²) in [6.07, 6.45) is 1.02. The number of rotatable bonds is 8. The van der Waals surface area contributed by atoms with Crippen LogP contribution in [0, 0.1) is 24.2 Å². The molecule has 2 aromatic rings. The SMILES string of the molecule is Cc1ncsc1-c1ccc(CNC(=O)[C@@H]2C[C@@H](O)CN2C(=O)[C@@H](NC(=O)[C@H]2CC[C@H](C(=O)O)CC2)C(C)(C)C)cc1. The average molecular weight is 585 g/mol. The van der Waals surface area contributed by atoms with Gasteiger partial charge < -0.3 is 25.7 Å². The summed E-state index contributed by atoms with van der Waals surface area (Å²) in [5.41, 5.74) is 4.08. The molecule has 10 nitrogen and oxygen atoms in total. The molecule has 2 aliphatic rings. The molecular formula is C30H40N4O6S. The van der Waals surface area contributed by atoms with Gasteiger partial charge in [-0.05, 0) is 49.1 Å². The predicted octanol–water partition coefficient (Wildman–Crippen LogP) is 3.12. The van der Waals surface area contributed by atoms with Crippen molar-refractivity contribution in [2.75, 3.05) is 6.54 Å². The number of nitrogens with zero attached hydrogens (tertiary/aromatic N) is 2. The summed E-state index contributed by atoms with van der Waals surface area (Å²) in [5, 5.41) is 25.5. The van der Waals surface area contributed by atoms with Crippen molar-refractivity contribution in [1.82, 2.24) is 20.5 Å². The number of thiazole rings is 1. The predicted molar refractivity (Wildman–Crippen MR) is 155 cm³/mol. The van der Waals surface area contributed by atoms with Crippen LogP contribution in [0.2, 0.25) is 0 Å². The van der Waals surface area contributed by atoms with Crippen molar-refractivity contribution in [3.63, 3.8) is 0 Å². The van der Waals surface area contributed by atoms with Gasteiger partial charge >= 0.3 is 5.97 Å². The molecule has 1 saturated heterocycles. The quantitative estimate of drug-likeness (QED) is 0.373. The van der Waals surface area contributed by atoms with Gasteiger partial charge in [-0.2, -0.15) is 0 Å². The molecule has 3 atom stereocenters. The number of aryl methyl sites for hydroxylation is 1. The summed E-state index contributed by atoms with van der Waals surface area (Å²) in [4.78, 5) is 58.2. The first kappa shape index (κ1) is 30.6. The number of carbonyl (C=O) groups is 4. The van der Waals surface area contributed by atoms with Crippen LogP contribution in [0.25, 0.3) is 10.4 Å². The zero-order valence-corrected chi connectivity index (χ0v) is 24.9. The Hall–Kier alpha value is -3.31. The maximum atomic E-state index is 13.8. The largest absolute Gasteiger partial charge is 0.481 e. The molecule has 4 N–H and O–H groups in total. The van der Waals surface area contributed by atoms with E-state index in [-0.39, 0.29) is 37.2 Å². The highest BCUT2D eigenvalue weighted by Crippen LogP contribution is 2.31. The summed E-state index contributed by atoms with van der Waals surface area (Å²) in [6.45, 7) is 7.77. The van der Waals surface area contributed by atoms with E-state index in [9.17, 15) is 29.4 Å². The maximum absolute atomic E-state index is 13.8.